The number of carbonyl (C=O) groups excluding carboxylic acids is 1. The van der Waals surface area contributed by atoms with Gasteiger partial charge in [-0.3, -0.25) is 4.79 Å². The first kappa shape index (κ1) is 15.6. The highest BCUT2D eigenvalue weighted by molar-refractivity contribution is 5.89. The Hall–Kier alpha value is -2.30. The van der Waals surface area contributed by atoms with Crippen molar-refractivity contribution in [3.05, 3.63) is 35.9 Å². The summed E-state index contributed by atoms with van der Waals surface area (Å²) < 4.78 is 0. The van der Waals surface area contributed by atoms with Crippen molar-refractivity contribution in [2.24, 2.45) is 21.8 Å². The zero-order valence-electron chi connectivity index (χ0n) is 13.5. The van der Waals surface area contributed by atoms with Crippen molar-refractivity contribution in [3.8, 4) is 11.5 Å². The number of carbonyl (C=O) groups is 1. The van der Waals surface area contributed by atoms with Gasteiger partial charge in [0.25, 0.3) is 0 Å². The summed E-state index contributed by atoms with van der Waals surface area (Å²) in [5, 5.41) is 22.9. The van der Waals surface area contributed by atoms with Crippen LogP contribution in [0.15, 0.2) is 35.5 Å². The molecule has 0 heterocycles. The van der Waals surface area contributed by atoms with Crippen molar-refractivity contribution < 1.29 is 15.0 Å². The topological polar surface area (TPSA) is 81.9 Å². The molecule has 3 rings (SSSR count). The molecule has 2 aliphatic rings. The van der Waals surface area contributed by atoms with Crippen LogP contribution in [0.4, 0.5) is 0 Å². The summed E-state index contributed by atoms with van der Waals surface area (Å²) in [6.07, 6.45) is 4.08. The van der Waals surface area contributed by atoms with Gasteiger partial charge in [0, 0.05) is 11.6 Å². The molecule has 0 aromatic heterocycles. The van der Waals surface area contributed by atoms with E-state index in [0.717, 1.165) is 24.8 Å². The molecule has 0 unspecified atom stereocenters. The summed E-state index contributed by atoms with van der Waals surface area (Å²) in [7, 11) is 0. The Bertz CT molecular complexity index is 708. The number of aromatic hydroxyl groups is 2. The number of benzene rings is 1. The van der Waals surface area contributed by atoms with E-state index in [0.29, 0.717) is 11.5 Å². The summed E-state index contributed by atoms with van der Waals surface area (Å²) in [6.45, 7) is 8.51. The number of hydrogen-bond acceptors (Lipinski definition) is 4. The molecule has 5 nitrogen and oxygen atoms in total. The van der Waals surface area contributed by atoms with Crippen molar-refractivity contribution in [1.29, 1.82) is 0 Å². The van der Waals surface area contributed by atoms with Crippen LogP contribution in [0.5, 0.6) is 11.5 Å². The summed E-state index contributed by atoms with van der Waals surface area (Å²) in [5.41, 5.74) is 3.51. The lowest BCUT2D eigenvalue weighted by molar-refractivity contribution is -0.128. The molecule has 3 N–H and O–H groups in total. The molecular weight excluding hydrogens is 292 g/mol. The lowest BCUT2D eigenvalue weighted by atomic mass is 9.68. The van der Waals surface area contributed by atoms with Crippen LogP contribution >= 0.6 is 0 Å². The standard InChI is InChI=1S/C18H22N2O3/c1-11-17(2,3)13-6-7-18(11,9-13)16(23)20-19-10-12-4-5-14(21)8-15(12)22/h4-5,8,10,13,21-22H,1,6-7,9H2,2-3H3,(H,20,23)/b19-10+/t13-,18-/m1/s1. The summed E-state index contributed by atoms with van der Waals surface area (Å²) in [4.78, 5) is 12.7. The van der Waals surface area contributed by atoms with Gasteiger partial charge in [-0.15, -0.1) is 0 Å². The second-order valence-corrected chi connectivity index (χ2v) is 7.16. The van der Waals surface area contributed by atoms with Crippen LogP contribution in [-0.2, 0) is 4.79 Å². The number of hydrogen-bond donors (Lipinski definition) is 3. The fourth-order valence-corrected chi connectivity index (χ4v) is 4.05. The van der Waals surface area contributed by atoms with E-state index in [1.807, 2.05) is 0 Å². The first-order chi connectivity index (χ1) is 10.8. The van der Waals surface area contributed by atoms with Crippen LogP contribution in [0.3, 0.4) is 0 Å². The zero-order chi connectivity index (χ0) is 16.8. The normalized spacial score (nSPS) is 28.4. The van der Waals surface area contributed by atoms with Crippen molar-refractivity contribution in [2.75, 3.05) is 0 Å². The lowest BCUT2D eigenvalue weighted by Crippen LogP contribution is -2.39. The number of nitrogens with zero attached hydrogens (tertiary/aromatic N) is 1. The molecule has 2 saturated carbocycles. The van der Waals surface area contributed by atoms with Crippen LogP contribution in [0.2, 0.25) is 0 Å². The Morgan fingerprint density at radius 3 is 2.78 bits per heavy atom. The molecule has 0 radical (unpaired) electrons. The molecule has 0 spiro atoms. The largest absolute Gasteiger partial charge is 0.508 e. The SMILES string of the molecule is C=C1C(C)(C)[C@@H]2CC[C@@]1(C(=O)N/N=C/c1ccc(O)cc1O)C2. The molecular formula is C18H22N2O3. The van der Waals surface area contributed by atoms with Crippen LogP contribution < -0.4 is 5.43 Å². The molecule has 122 valence electrons. The Kier molecular flexibility index (Phi) is 3.47. The lowest BCUT2D eigenvalue weighted by Gasteiger charge is -2.36. The maximum Gasteiger partial charge on any atom is 0.250 e. The van der Waals surface area contributed by atoms with Crippen molar-refractivity contribution in [3.63, 3.8) is 0 Å². The second-order valence-electron chi connectivity index (χ2n) is 7.16. The Morgan fingerprint density at radius 2 is 2.17 bits per heavy atom. The first-order valence-electron chi connectivity index (χ1n) is 7.83. The highest BCUT2D eigenvalue weighted by Crippen LogP contribution is 2.65. The summed E-state index contributed by atoms with van der Waals surface area (Å²) >= 11 is 0. The second kappa shape index (κ2) is 5.11. The monoisotopic (exact) mass is 314 g/mol. The van der Waals surface area contributed by atoms with E-state index >= 15 is 0 Å². The maximum atomic E-state index is 12.7. The van der Waals surface area contributed by atoms with Crippen LogP contribution in [0.25, 0.3) is 0 Å². The number of phenols is 2. The van der Waals surface area contributed by atoms with Gasteiger partial charge in [0.1, 0.15) is 11.5 Å². The molecule has 2 aliphatic carbocycles. The van der Waals surface area contributed by atoms with Crippen LogP contribution in [-0.4, -0.2) is 22.3 Å². The molecule has 5 heteroatoms. The van der Waals surface area contributed by atoms with Crippen molar-refractivity contribution in [1.82, 2.24) is 5.43 Å². The maximum absolute atomic E-state index is 12.7. The van der Waals surface area contributed by atoms with Gasteiger partial charge in [-0.2, -0.15) is 5.10 Å². The van der Waals surface area contributed by atoms with Crippen LogP contribution in [0, 0.1) is 16.7 Å². The Balaban J connectivity index is 1.73. The van der Waals surface area contributed by atoms with Crippen molar-refractivity contribution >= 4 is 12.1 Å². The third kappa shape index (κ3) is 2.31. The first-order valence-corrected chi connectivity index (χ1v) is 7.83. The predicted octanol–water partition coefficient (Wildman–Crippen LogP) is 2.93. The highest BCUT2D eigenvalue weighted by Gasteiger charge is 2.60. The van der Waals surface area contributed by atoms with Gasteiger partial charge in [0.05, 0.1) is 11.6 Å². The minimum Gasteiger partial charge on any atom is -0.508 e. The third-order valence-corrected chi connectivity index (χ3v) is 5.71. The van der Waals surface area contributed by atoms with Gasteiger partial charge >= 0.3 is 0 Å². The van der Waals surface area contributed by atoms with Gasteiger partial charge in [-0.1, -0.05) is 26.0 Å². The molecule has 2 bridgehead atoms. The number of fused-ring (bicyclic) bond motifs is 2. The molecule has 1 aromatic carbocycles. The van der Waals surface area contributed by atoms with Crippen molar-refractivity contribution in [2.45, 2.75) is 33.1 Å². The van der Waals surface area contributed by atoms with Gasteiger partial charge in [-0.05, 0) is 42.7 Å². The van der Waals surface area contributed by atoms with Gasteiger partial charge in [0.15, 0.2) is 0 Å². The molecule has 23 heavy (non-hydrogen) atoms. The van der Waals surface area contributed by atoms with Gasteiger partial charge < -0.3 is 10.2 Å². The van der Waals surface area contributed by atoms with Gasteiger partial charge in [0.2, 0.25) is 5.91 Å². The van der Waals surface area contributed by atoms with E-state index in [1.54, 1.807) is 0 Å². The minimum atomic E-state index is -0.511. The minimum absolute atomic E-state index is 0.00543. The highest BCUT2D eigenvalue weighted by atomic mass is 16.3. The molecule has 0 aliphatic heterocycles. The molecule has 2 atom stereocenters. The quantitative estimate of drug-likeness (QED) is 0.456. The number of nitrogens with one attached hydrogen (secondary N) is 1. The van der Waals surface area contributed by atoms with Gasteiger partial charge in [-0.25, -0.2) is 5.43 Å². The van der Waals surface area contributed by atoms with E-state index in [9.17, 15) is 15.0 Å². The smallest absolute Gasteiger partial charge is 0.250 e. The van der Waals surface area contributed by atoms with E-state index in [1.165, 1.54) is 24.4 Å². The van der Waals surface area contributed by atoms with E-state index in [4.69, 9.17) is 0 Å². The van der Waals surface area contributed by atoms with E-state index < -0.39 is 5.41 Å². The molecule has 1 aromatic rings. The number of hydrazone groups is 1. The predicted molar refractivity (Wildman–Crippen MR) is 88.2 cm³/mol. The summed E-state index contributed by atoms with van der Waals surface area (Å²) in [6, 6.07) is 4.21. The van der Waals surface area contributed by atoms with Crippen LogP contribution in [0.1, 0.15) is 38.7 Å². The van der Waals surface area contributed by atoms with E-state index in [-0.39, 0.29) is 22.8 Å². The number of phenolic OH excluding ortho intramolecular Hbond substituents is 2. The molecule has 0 saturated heterocycles. The van der Waals surface area contributed by atoms with E-state index in [2.05, 4.69) is 31.0 Å². The average Bonchev–Trinajstić information content (AvgIpc) is 3.01. The molecule has 2 fully saturated rings. The number of rotatable bonds is 3. The third-order valence-electron chi connectivity index (χ3n) is 5.71. The molecule has 1 amide bonds. The Morgan fingerprint density at radius 1 is 1.43 bits per heavy atom. The summed E-state index contributed by atoms with van der Waals surface area (Å²) in [5.74, 6) is 0.272. The fourth-order valence-electron chi connectivity index (χ4n) is 4.05. The zero-order valence-corrected chi connectivity index (χ0v) is 13.5. The fraction of sp³-hybridized carbons (Fsp3) is 0.444. The Labute approximate surface area is 135 Å². The average molecular weight is 314 g/mol. The number of amides is 1.